The van der Waals surface area contributed by atoms with E-state index in [9.17, 15) is 0 Å². The molecule has 2 aliphatic rings. The van der Waals surface area contributed by atoms with Gasteiger partial charge in [0.15, 0.2) is 0 Å². The molecule has 0 amide bonds. The fraction of sp³-hybridized carbons (Fsp3) is 0.647. The maximum atomic E-state index is 6.29. The fourth-order valence-corrected chi connectivity index (χ4v) is 3.58. The lowest BCUT2D eigenvalue weighted by Crippen LogP contribution is -2.36. The highest BCUT2D eigenvalue weighted by Crippen LogP contribution is 2.40. The van der Waals surface area contributed by atoms with Crippen LogP contribution >= 0.6 is 0 Å². The summed E-state index contributed by atoms with van der Waals surface area (Å²) in [5, 5.41) is 3.70. The number of rotatable bonds is 4. The number of benzene rings is 1. The Kier molecular flexibility index (Phi) is 4.07. The SMILES string of the molecule is CCCNC1CC(C2CCCC2)Oc2ccccc21. The summed E-state index contributed by atoms with van der Waals surface area (Å²) in [6.45, 7) is 3.32. The predicted molar refractivity (Wildman–Crippen MR) is 78.5 cm³/mol. The zero-order valence-electron chi connectivity index (χ0n) is 11.9. The molecule has 1 saturated carbocycles. The summed E-state index contributed by atoms with van der Waals surface area (Å²) in [6.07, 6.45) is 8.24. The Balaban J connectivity index is 1.78. The molecular weight excluding hydrogens is 234 g/mol. The van der Waals surface area contributed by atoms with Crippen molar-refractivity contribution < 1.29 is 4.74 Å². The third-order valence-electron chi connectivity index (χ3n) is 4.61. The van der Waals surface area contributed by atoms with E-state index in [1.54, 1.807) is 0 Å². The summed E-state index contributed by atoms with van der Waals surface area (Å²) in [6, 6.07) is 9.05. The number of hydrogen-bond acceptors (Lipinski definition) is 2. The van der Waals surface area contributed by atoms with Crippen molar-refractivity contribution in [3.63, 3.8) is 0 Å². The number of hydrogen-bond donors (Lipinski definition) is 1. The second kappa shape index (κ2) is 5.96. The number of fused-ring (bicyclic) bond motifs is 1. The van der Waals surface area contributed by atoms with E-state index in [4.69, 9.17) is 4.74 Å². The first-order valence-electron chi connectivity index (χ1n) is 7.87. The first-order valence-corrected chi connectivity index (χ1v) is 7.87. The summed E-state index contributed by atoms with van der Waals surface area (Å²) in [7, 11) is 0. The van der Waals surface area contributed by atoms with Gasteiger partial charge in [0.25, 0.3) is 0 Å². The average molecular weight is 259 g/mol. The zero-order chi connectivity index (χ0) is 13.1. The van der Waals surface area contributed by atoms with E-state index >= 15 is 0 Å². The molecule has 1 fully saturated rings. The third kappa shape index (κ3) is 2.79. The first kappa shape index (κ1) is 13.0. The minimum atomic E-state index is 0.423. The standard InChI is InChI=1S/C17H25NO/c1-2-11-18-15-12-17(13-7-3-4-8-13)19-16-10-6-5-9-14(15)16/h5-6,9-10,13,15,17-18H,2-4,7-8,11-12H2,1H3. The summed E-state index contributed by atoms with van der Waals surface area (Å²) in [4.78, 5) is 0. The molecular formula is C17H25NO. The second-order valence-electron chi connectivity index (χ2n) is 5.98. The fourth-order valence-electron chi connectivity index (χ4n) is 3.58. The molecule has 0 radical (unpaired) electrons. The Morgan fingerprint density at radius 1 is 1.21 bits per heavy atom. The number of ether oxygens (including phenoxy) is 1. The molecule has 1 N–H and O–H groups in total. The van der Waals surface area contributed by atoms with Gasteiger partial charge in [-0.25, -0.2) is 0 Å². The lowest BCUT2D eigenvalue weighted by molar-refractivity contribution is 0.0948. The van der Waals surface area contributed by atoms with Crippen LogP contribution in [0, 0.1) is 5.92 Å². The molecule has 2 heteroatoms. The zero-order valence-corrected chi connectivity index (χ0v) is 11.9. The van der Waals surface area contributed by atoms with E-state index in [1.165, 1.54) is 37.7 Å². The molecule has 2 nitrogen and oxygen atoms in total. The number of para-hydroxylation sites is 1. The van der Waals surface area contributed by atoms with Crippen molar-refractivity contribution in [3.8, 4) is 5.75 Å². The Morgan fingerprint density at radius 3 is 2.79 bits per heavy atom. The molecule has 3 rings (SSSR count). The van der Waals surface area contributed by atoms with Crippen LogP contribution in [0.1, 0.15) is 57.1 Å². The van der Waals surface area contributed by atoms with Crippen molar-refractivity contribution in [2.45, 2.75) is 57.6 Å². The van der Waals surface area contributed by atoms with Crippen LogP contribution < -0.4 is 10.1 Å². The van der Waals surface area contributed by atoms with E-state index in [1.807, 2.05) is 0 Å². The summed E-state index contributed by atoms with van der Waals surface area (Å²) in [5.41, 5.74) is 1.35. The summed E-state index contributed by atoms with van der Waals surface area (Å²) in [5.74, 6) is 1.89. The Bertz CT molecular complexity index is 411. The van der Waals surface area contributed by atoms with Gasteiger partial charge >= 0.3 is 0 Å². The first-order chi connectivity index (χ1) is 9.38. The average Bonchev–Trinajstić information content (AvgIpc) is 2.98. The molecule has 2 unspecified atom stereocenters. The molecule has 1 aliphatic carbocycles. The van der Waals surface area contributed by atoms with Crippen molar-refractivity contribution >= 4 is 0 Å². The Morgan fingerprint density at radius 2 is 2.00 bits per heavy atom. The Labute approximate surface area is 116 Å². The largest absolute Gasteiger partial charge is 0.490 e. The monoisotopic (exact) mass is 259 g/mol. The Hall–Kier alpha value is -1.02. The lowest BCUT2D eigenvalue weighted by Gasteiger charge is -2.35. The predicted octanol–water partition coefficient (Wildman–Crippen LogP) is 4.07. The van der Waals surface area contributed by atoms with Crippen LogP contribution in [-0.2, 0) is 0 Å². The highest BCUT2D eigenvalue weighted by atomic mass is 16.5. The van der Waals surface area contributed by atoms with Gasteiger partial charge in [0, 0.05) is 18.0 Å². The molecule has 0 aromatic heterocycles. The topological polar surface area (TPSA) is 21.3 Å². The molecule has 1 aromatic rings. The maximum absolute atomic E-state index is 6.29. The molecule has 0 spiro atoms. The molecule has 1 heterocycles. The van der Waals surface area contributed by atoms with Gasteiger partial charge in [-0.05, 0) is 37.8 Å². The van der Waals surface area contributed by atoms with Crippen LogP contribution in [-0.4, -0.2) is 12.6 Å². The highest BCUT2D eigenvalue weighted by Gasteiger charge is 2.34. The minimum Gasteiger partial charge on any atom is -0.490 e. The lowest BCUT2D eigenvalue weighted by atomic mass is 9.89. The minimum absolute atomic E-state index is 0.423. The third-order valence-corrected chi connectivity index (χ3v) is 4.61. The van der Waals surface area contributed by atoms with Gasteiger partial charge in [-0.1, -0.05) is 38.0 Å². The van der Waals surface area contributed by atoms with E-state index < -0.39 is 0 Å². The van der Waals surface area contributed by atoms with Crippen LogP contribution in [0.3, 0.4) is 0 Å². The van der Waals surface area contributed by atoms with Crippen LogP contribution in [0.5, 0.6) is 5.75 Å². The van der Waals surface area contributed by atoms with Crippen LogP contribution in [0.4, 0.5) is 0 Å². The van der Waals surface area contributed by atoms with E-state index in [-0.39, 0.29) is 0 Å². The van der Waals surface area contributed by atoms with Crippen LogP contribution in [0.15, 0.2) is 24.3 Å². The maximum Gasteiger partial charge on any atom is 0.124 e. The molecule has 1 aliphatic heterocycles. The van der Waals surface area contributed by atoms with E-state index in [2.05, 4.69) is 36.5 Å². The van der Waals surface area contributed by atoms with Gasteiger partial charge in [-0.3, -0.25) is 0 Å². The van der Waals surface area contributed by atoms with Crippen molar-refractivity contribution in [2.75, 3.05) is 6.54 Å². The number of nitrogens with one attached hydrogen (secondary N) is 1. The van der Waals surface area contributed by atoms with Gasteiger partial charge < -0.3 is 10.1 Å². The molecule has 104 valence electrons. The van der Waals surface area contributed by atoms with Gasteiger partial charge in [0.05, 0.1) is 0 Å². The normalized spacial score (nSPS) is 27.0. The smallest absolute Gasteiger partial charge is 0.124 e. The van der Waals surface area contributed by atoms with Crippen LogP contribution in [0.2, 0.25) is 0 Å². The van der Waals surface area contributed by atoms with Crippen molar-refractivity contribution in [2.24, 2.45) is 5.92 Å². The van der Waals surface area contributed by atoms with Crippen molar-refractivity contribution in [1.82, 2.24) is 5.32 Å². The highest BCUT2D eigenvalue weighted by molar-refractivity contribution is 5.38. The quantitative estimate of drug-likeness (QED) is 0.880. The summed E-state index contributed by atoms with van der Waals surface area (Å²) < 4.78 is 6.29. The molecule has 1 aromatic carbocycles. The van der Waals surface area contributed by atoms with Gasteiger partial charge in [0.1, 0.15) is 11.9 Å². The van der Waals surface area contributed by atoms with E-state index in [0.717, 1.165) is 24.6 Å². The summed E-state index contributed by atoms with van der Waals surface area (Å²) >= 11 is 0. The van der Waals surface area contributed by atoms with Crippen LogP contribution in [0.25, 0.3) is 0 Å². The molecule has 2 atom stereocenters. The second-order valence-corrected chi connectivity index (χ2v) is 5.98. The van der Waals surface area contributed by atoms with Crippen molar-refractivity contribution in [1.29, 1.82) is 0 Å². The molecule has 0 saturated heterocycles. The molecule has 19 heavy (non-hydrogen) atoms. The molecule has 0 bridgehead atoms. The van der Waals surface area contributed by atoms with E-state index in [0.29, 0.717) is 12.1 Å². The van der Waals surface area contributed by atoms with Gasteiger partial charge in [-0.2, -0.15) is 0 Å². The van der Waals surface area contributed by atoms with Gasteiger partial charge in [-0.15, -0.1) is 0 Å². The van der Waals surface area contributed by atoms with Crippen molar-refractivity contribution in [3.05, 3.63) is 29.8 Å². The van der Waals surface area contributed by atoms with Gasteiger partial charge in [0.2, 0.25) is 0 Å².